The molecule has 0 fully saturated rings. The summed E-state index contributed by atoms with van der Waals surface area (Å²) in [7, 11) is 0. The van der Waals surface area contributed by atoms with Gasteiger partial charge in [-0.25, -0.2) is 13.2 Å². The lowest BCUT2D eigenvalue weighted by molar-refractivity contribution is -0.147. The third-order valence-electron chi connectivity index (χ3n) is 3.06. The summed E-state index contributed by atoms with van der Waals surface area (Å²) >= 11 is 0. The molecule has 0 saturated heterocycles. The van der Waals surface area contributed by atoms with Crippen molar-refractivity contribution >= 4 is 11.8 Å². The molecule has 0 radical (unpaired) electrons. The molecule has 0 unspecified atom stereocenters. The fourth-order valence-electron chi connectivity index (χ4n) is 1.92. The van der Waals surface area contributed by atoms with Crippen molar-refractivity contribution in [2.45, 2.75) is 19.4 Å². The van der Waals surface area contributed by atoms with Crippen LogP contribution in [0.15, 0.2) is 42.5 Å². The first-order valence-electron chi connectivity index (χ1n) is 6.80. The smallest absolute Gasteiger partial charge is 0.313 e. The van der Waals surface area contributed by atoms with Crippen LogP contribution in [0.3, 0.4) is 0 Å². The molecule has 0 saturated carbocycles. The number of ketones is 1. The summed E-state index contributed by atoms with van der Waals surface area (Å²) in [6.07, 6.45) is -1.07. The van der Waals surface area contributed by atoms with Crippen molar-refractivity contribution < 1.29 is 27.5 Å². The fourth-order valence-corrected chi connectivity index (χ4v) is 1.92. The molecule has 0 aliphatic heterocycles. The van der Waals surface area contributed by atoms with Crippen LogP contribution in [0.1, 0.15) is 17.5 Å². The second kappa shape index (κ2) is 7.58. The Labute approximate surface area is 130 Å². The number of rotatable bonds is 6. The van der Waals surface area contributed by atoms with Crippen LogP contribution in [0.25, 0.3) is 0 Å². The Morgan fingerprint density at radius 3 is 2.26 bits per heavy atom. The molecule has 0 N–H and O–H groups in total. The third-order valence-corrected chi connectivity index (χ3v) is 3.06. The molecule has 23 heavy (non-hydrogen) atoms. The Bertz CT molecular complexity index is 715. The van der Waals surface area contributed by atoms with E-state index in [2.05, 4.69) is 0 Å². The molecule has 0 aliphatic carbocycles. The average Bonchev–Trinajstić information content (AvgIpc) is 2.51. The minimum atomic E-state index is -1.33. The highest BCUT2D eigenvalue weighted by molar-refractivity contribution is 5.96. The molecule has 0 spiro atoms. The quantitative estimate of drug-likeness (QED) is 0.465. The lowest BCUT2D eigenvalue weighted by atomic mass is 10.1. The van der Waals surface area contributed by atoms with Crippen LogP contribution in [0.5, 0.6) is 0 Å². The molecule has 120 valence electrons. The van der Waals surface area contributed by atoms with Gasteiger partial charge in [0.25, 0.3) is 0 Å². The van der Waals surface area contributed by atoms with Gasteiger partial charge in [0.05, 0.1) is 0 Å². The van der Waals surface area contributed by atoms with Crippen LogP contribution in [0.2, 0.25) is 0 Å². The van der Waals surface area contributed by atoms with Crippen molar-refractivity contribution in [2.75, 3.05) is 0 Å². The third kappa shape index (κ3) is 4.95. The molecule has 6 heteroatoms. The zero-order valence-electron chi connectivity index (χ0n) is 12.0. The van der Waals surface area contributed by atoms with Gasteiger partial charge in [0, 0.05) is 12.5 Å². The van der Waals surface area contributed by atoms with Crippen LogP contribution < -0.4 is 0 Å². The fraction of sp³-hybridized carbons (Fsp3) is 0.176. The van der Waals surface area contributed by atoms with Crippen molar-refractivity contribution in [1.82, 2.24) is 0 Å². The predicted octanol–water partition coefficient (Wildman–Crippen LogP) is 3.35. The highest BCUT2D eigenvalue weighted by Crippen LogP contribution is 2.15. The van der Waals surface area contributed by atoms with Crippen LogP contribution in [-0.4, -0.2) is 11.8 Å². The number of carbonyl (C=O) groups is 2. The molecule has 2 aromatic rings. The molecule has 0 bridgehead atoms. The molecule has 0 heterocycles. The van der Waals surface area contributed by atoms with Crippen LogP contribution in [0.4, 0.5) is 13.2 Å². The lowest BCUT2D eigenvalue weighted by Crippen LogP contribution is -2.14. The summed E-state index contributed by atoms with van der Waals surface area (Å²) in [4.78, 5) is 23.3. The van der Waals surface area contributed by atoms with Crippen molar-refractivity contribution in [2.24, 2.45) is 0 Å². The van der Waals surface area contributed by atoms with Gasteiger partial charge in [-0.1, -0.05) is 30.3 Å². The Hall–Kier alpha value is -2.63. The number of ether oxygens (including phenoxy) is 1. The topological polar surface area (TPSA) is 43.4 Å². The number of hydrogen-bond donors (Lipinski definition) is 0. The van der Waals surface area contributed by atoms with Gasteiger partial charge >= 0.3 is 5.97 Å². The molecule has 2 rings (SSSR count). The van der Waals surface area contributed by atoms with Crippen molar-refractivity contribution in [3.63, 3.8) is 0 Å². The Balaban J connectivity index is 1.87. The van der Waals surface area contributed by atoms with Gasteiger partial charge in [0.2, 0.25) is 0 Å². The maximum atomic E-state index is 13.4. The number of halogens is 3. The second-order valence-corrected chi connectivity index (χ2v) is 4.90. The normalized spacial score (nSPS) is 10.4. The predicted molar refractivity (Wildman–Crippen MR) is 75.9 cm³/mol. The van der Waals surface area contributed by atoms with Crippen molar-refractivity contribution in [3.8, 4) is 0 Å². The van der Waals surface area contributed by atoms with Crippen LogP contribution in [-0.2, 0) is 27.4 Å². The first-order valence-corrected chi connectivity index (χ1v) is 6.80. The Morgan fingerprint density at radius 2 is 1.57 bits per heavy atom. The number of carbonyl (C=O) groups excluding carboxylic acids is 2. The number of Topliss-reactive ketones (excluding diaryl/α,β-unsaturated/α-hetero) is 1. The summed E-state index contributed by atoms with van der Waals surface area (Å²) in [5.41, 5.74) is 0.463. The van der Waals surface area contributed by atoms with Gasteiger partial charge in [-0.15, -0.1) is 0 Å². The van der Waals surface area contributed by atoms with Crippen LogP contribution >= 0.6 is 0 Å². The van der Waals surface area contributed by atoms with E-state index in [0.29, 0.717) is 12.1 Å². The van der Waals surface area contributed by atoms with Gasteiger partial charge in [-0.2, -0.15) is 0 Å². The van der Waals surface area contributed by atoms with E-state index in [-0.39, 0.29) is 12.2 Å². The molecule has 0 amide bonds. The molecule has 0 aliphatic rings. The molecule has 0 aromatic heterocycles. The van der Waals surface area contributed by atoms with Gasteiger partial charge in [0.1, 0.15) is 24.6 Å². The standard InChI is InChI=1S/C17H13F3O3/c18-14-9-16(20)15(19)7-12(14)6-13(21)8-17(22)23-10-11-4-2-1-3-5-11/h1-5,7,9H,6,8,10H2. The molecular weight excluding hydrogens is 309 g/mol. The SMILES string of the molecule is O=C(CC(=O)OCc1ccccc1)Cc1cc(F)c(F)cc1F. The van der Waals surface area contributed by atoms with Gasteiger partial charge in [0.15, 0.2) is 11.6 Å². The van der Waals surface area contributed by atoms with E-state index in [0.717, 1.165) is 5.56 Å². The zero-order valence-corrected chi connectivity index (χ0v) is 12.0. The van der Waals surface area contributed by atoms with Gasteiger partial charge in [-0.3, -0.25) is 9.59 Å². The monoisotopic (exact) mass is 322 g/mol. The first kappa shape index (κ1) is 16.7. The van der Waals surface area contributed by atoms with E-state index in [4.69, 9.17) is 4.74 Å². The van der Waals surface area contributed by atoms with E-state index in [1.807, 2.05) is 6.07 Å². The summed E-state index contributed by atoms with van der Waals surface area (Å²) in [5.74, 6) is -5.02. The molecule has 2 aromatic carbocycles. The number of hydrogen-bond acceptors (Lipinski definition) is 3. The van der Waals surface area contributed by atoms with E-state index in [9.17, 15) is 22.8 Å². The summed E-state index contributed by atoms with van der Waals surface area (Å²) in [6, 6.07) is 9.85. The largest absolute Gasteiger partial charge is 0.460 e. The maximum absolute atomic E-state index is 13.4. The van der Waals surface area contributed by atoms with Crippen LogP contribution in [0, 0.1) is 17.5 Å². The van der Waals surface area contributed by atoms with Gasteiger partial charge < -0.3 is 4.74 Å². The van der Waals surface area contributed by atoms with E-state index in [1.165, 1.54) is 0 Å². The minimum Gasteiger partial charge on any atom is -0.460 e. The highest BCUT2D eigenvalue weighted by atomic mass is 19.2. The average molecular weight is 322 g/mol. The first-order chi connectivity index (χ1) is 11.0. The van der Waals surface area contributed by atoms with E-state index >= 15 is 0 Å². The zero-order chi connectivity index (χ0) is 16.8. The summed E-state index contributed by atoms with van der Waals surface area (Å²) in [5, 5.41) is 0. The molecular formula is C17H13F3O3. The number of benzene rings is 2. The maximum Gasteiger partial charge on any atom is 0.313 e. The lowest BCUT2D eigenvalue weighted by Gasteiger charge is -2.06. The molecule has 0 atom stereocenters. The molecule has 3 nitrogen and oxygen atoms in total. The Kier molecular flexibility index (Phi) is 5.51. The van der Waals surface area contributed by atoms with E-state index in [1.54, 1.807) is 24.3 Å². The highest BCUT2D eigenvalue weighted by Gasteiger charge is 2.16. The summed E-state index contributed by atoms with van der Waals surface area (Å²) in [6.45, 7) is 0.0203. The van der Waals surface area contributed by atoms with E-state index < -0.39 is 42.0 Å². The van der Waals surface area contributed by atoms with Gasteiger partial charge in [-0.05, 0) is 17.2 Å². The number of esters is 1. The van der Waals surface area contributed by atoms with Crippen molar-refractivity contribution in [1.29, 1.82) is 0 Å². The van der Waals surface area contributed by atoms with Crippen molar-refractivity contribution in [3.05, 3.63) is 71.0 Å². The summed E-state index contributed by atoms with van der Waals surface area (Å²) < 4.78 is 44.2. The Morgan fingerprint density at radius 1 is 0.913 bits per heavy atom. The second-order valence-electron chi connectivity index (χ2n) is 4.90. The minimum absolute atomic E-state index is 0.0203.